The summed E-state index contributed by atoms with van der Waals surface area (Å²) in [5.74, 6) is 4.02. The van der Waals surface area contributed by atoms with Crippen molar-refractivity contribution in [2.45, 2.75) is 124 Å². The van der Waals surface area contributed by atoms with Crippen LogP contribution < -0.4 is 0 Å². The molecule has 0 amide bonds. The number of allylic oxidation sites excluding steroid dienone is 1. The summed E-state index contributed by atoms with van der Waals surface area (Å²) in [5.41, 5.74) is 3.89. The number of fused-ring (bicyclic) bond motifs is 5. The minimum absolute atomic E-state index is 0.302. The molecule has 4 aliphatic rings. The third-order valence-corrected chi connectivity index (χ3v) is 17.1. The van der Waals surface area contributed by atoms with E-state index in [0.717, 1.165) is 36.9 Å². The smallest absolute Gasteiger partial charge is 0.192 e. The van der Waals surface area contributed by atoms with E-state index < -0.39 is 8.32 Å². The molecular formula is C35H56O2Si. The van der Waals surface area contributed by atoms with E-state index in [2.05, 4.69) is 91.0 Å². The minimum Gasteiger partial charge on any atom is -0.414 e. The van der Waals surface area contributed by atoms with Crippen LogP contribution >= 0.6 is 0 Å². The van der Waals surface area contributed by atoms with Gasteiger partial charge in [-0.3, -0.25) is 0 Å². The Morgan fingerprint density at radius 2 is 1.71 bits per heavy atom. The van der Waals surface area contributed by atoms with E-state index in [1.54, 1.807) is 5.57 Å². The van der Waals surface area contributed by atoms with Crippen molar-refractivity contribution in [3.63, 3.8) is 0 Å². The Bertz CT molecular complexity index is 993. The fourth-order valence-corrected chi connectivity index (χ4v) is 10.7. The van der Waals surface area contributed by atoms with E-state index in [1.165, 1.54) is 56.9 Å². The molecule has 0 radical (unpaired) electrons. The van der Waals surface area contributed by atoms with Gasteiger partial charge in [-0.2, -0.15) is 0 Å². The van der Waals surface area contributed by atoms with Gasteiger partial charge in [-0.25, -0.2) is 0 Å². The molecule has 0 spiro atoms. The molecule has 1 unspecified atom stereocenters. The van der Waals surface area contributed by atoms with Gasteiger partial charge in [0.15, 0.2) is 8.32 Å². The molecule has 212 valence electrons. The molecule has 2 nitrogen and oxygen atoms in total. The zero-order valence-corrected chi connectivity index (χ0v) is 26.8. The summed E-state index contributed by atoms with van der Waals surface area (Å²) >= 11 is 0. The molecule has 0 saturated heterocycles. The summed E-state index contributed by atoms with van der Waals surface area (Å²) in [4.78, 5) is 0. The Balaban J connectivity index is 1.21. The van der Waals surface area contributed by atoms with Gasteiger partial charge in [0.25, 0.3) is 0 Å². The third kappa shape index (κ3) is 5.14. The van der Waals surface area contributed by atoms with E-state index in [9.17, 15) is 0 Å². The van der Waals surface area contributed by atoms with Crippen molar-refractivity contribution in [2.24, 2.45) is 40.4 Å². The third-order valence-electron chi connectivity index (χ3n) is 12.5. The molecule has 0 heterocycles. The lowest BCUT2D eigenvalue weighted by molar-refractivity contribution is -0.117. The Morgan fingerprint density at radius 3 is 2.42 bits per heavy atom. The Hall–Kier alpha value is -0.903. The zero-order chi connectivity index (χ0) is 27.3. The fourth-order valence-electron chi connectivity index (χ4n) is 9.30. The van der Waals surface area contributed by atoms with Crippen LogP contribution in [0.1, 0.15) is 98.5 Å². The van der Waals surface area contributed by atoms with Gasteiger partial charge in [-0.1, -0.05) is 83.5 Å². The van der Waals surface area contributed by atoms with Crippen LogP contribution in [0.3, 0.4) is 0 Å². The molecule has 0 aliphatic heterocycles. The summed E-state index contributed by atoms with van der Waals surface area (Å²) in [6.07, 6.45) is 14.1. The van der Waals surface area contributed by atoms with Crippen molar-refractivity contribution >= 4 is 8.32 Å². The van der Waals surface area contributed by atoms with E-state index in [0.29, 0.717) is 27.9 Å². The van der Waals surface area contributed by atoms with Crippen LogP contribution in [0.15, 0.2) is 42.0 Å². The molecule has 5 rings (SSSR count). The SMILES string of the molecule is C[C@H](COCc1ccccc1)C1=CC[C@H]2[C@@H]3CCC4C[C@@H](O[Si](C)(C)C(C)(C)C)CC[C@]4(C)[C@H]3CC[C@]12C. The standard InChI is InChI=1S/C35H56O2Si/c1-25(23-36-24-26-12-10-9-11-13-26)30-16-17-31-29-15-14-27-22-28(37-38(7,8)33(2,3)4)18-20-34(27,5)32(29)19-21-35(30,31)6/h9-13,16,25,27-29,31-32H,14-15,17-24H2,1-8H3/t25-,27?,28+,29+,31+,32+,34+,35-/m1/s1. The number of rotatable bonds is 7. The molecule has 4 aliphatic carbocycles. The van der Waals surface area contributed by atoms with Crippen LogP contribution in [-0.2, 0) is 15.8 Å². The first kappa shape index (κ1) is 28.6. The average Bonchev–Trinajstić information content (AvgIpc) is 3.21. The van der Waals surface area contributed by atoms with Gasteiger partial charge in [0.05, 0.1) is 13.2 Å². The molecule has 3 saturated carbocycles. The predicted octanol–water partition coefficient (Wildman–Crippen LogP) is 9.81. The lowest BCUT2D eigenvalue weighted by Gasteiger charge is -2.61. The summed E-state index contributed by atoms with van der Waals surface area (Å²) in [6, 6.07) is 10.6. The van der Waals surface area contributed by atoms with Crippen molar-refractivity contribution < 1.29 is 9.16 Å². The highest BCUT2D eigenvalue weighted by Gasteiger charge is 2.59. The van der Waals surface area contributed by atoms with Gasteiger partial charge in [0, 0.05) is 12.0 Å². The van der Waals surface area contributed by atoms with Crippen molar-refractivity contribution in [3.8, 4) is 0 Å². The fraction of sp³-hybridized carbons (Fsp3) is 0.771. The molecule has 0 N–H and O–H groups in total. The second-order valence-corrected chi connectivity index (χ2v) is 20.4. The maximum absolute atomic E-state index is 6.98. The number of ether oxygens (including phenoxy) is 1. The average molecular weight is 537 g/mol. The van der Waals surface area contributed by atoms with Crippen molar-refractivity contribution in [2.75, 3.05) is 6.61 Å². The monoisotopic (exact) mass is 536 g/mol. The minimum atomic E-state index is -1.70. The molecule has 8 atom stereocenters. The van der Waals surface area contributed by atoms with E-state index in [-0.39, 0.29) is 0 Å². The Labute approximate surface area is 235 Å². The largest absolute Gasteiger partial charge is 0.414 e. The Morgan fingerprint density at radius 1 is 0.974 bits per heavy atom. The molecule has 1 aromatic carbocycles. The summed E-state index contributed by atoms with van der Waals surface area (Å²) in [6.45, 7) is 21.3. The molecule has 0 aromatic heterocycles. The highest BCUT2D eigenvalue weighted by Crippen LogP contribution is 2.67. The van der Waals surface area contributed by atoms with Gasteiger partial charge in [0.1, 0.15) is 0 Å². The molecule has 3 fully saturated rings. The molecule has 38 heavy (non-hydrogen) atoms. The van der Waals surface area contributed by atoms with Crippen LogP contribution in [0.25, 0.3) is 0 Å². The first-order valence-corrected chi connectivity index (χ1v) is 18.8. The number of hydrogen-bond acceptors (Lipinski definition) is 2. The zero-order valence-electron chi connectivity index (χ0n) is 25.8. The lowest BCUT2D eigenvalue weighted by atomic mass is 9.44. The van der Waals surface area contributed by atoms with Gasteiger partial charge in [-0.15, -0.1) is 0 Å². The van der Waals surface area contributed by atoms with Crippen molar-refractivity contribution in [1.29, 1.82) is 0 Å². The van der Waals surface area contributed by atoms with Crippen LogP contribution in [0.5, 0.6) is 0 Å². The van der Waals surface area contributed by atoms with Crippen LogP contribution in [0, 0.1) is 40.4 Å². The highest BCUT2D eigenvalue weighted by atomic mass is 28.4. The van der Waals surface area contributed by atoms with Gasteiger partial charge < -0.3 is 9.16 Å². The predicted molar refractivity (Wildman–Crippen MR) is 163 cm³/mol. The molecule has 1 aromatic rings. The van der Waals surface area contributed by atoms with Gasteiger partial charge >= 0.3 is 0 Å². The van der Waals surface area contributed by atoms with Crippen molar-refractivity contribution in [3.05, 3.63) is 47.5 Å². The summed E-state index contributed by atoms with van der Waals surface area (Å²) < 4.78 is 13.2. The second-order valence-electron chi connectivity index (χ2n) is 15.7. The van der Waals surface area contributed by atoms with Crippen molar-refractivity contribution in [1.82, 2.24) is 0 Å². The maximum atomic E-state index is 6.98. The van der Waals surface area contributed by atoms with Gasteiger partial charge in [0.2, 0.25) is 0 Å². The highest BCUT2D eigenvalue weighted by molar-refractivity contribution is 6.74. The normalized spacial score (nSPS) is 38.1. The van der Waals surface area contributed by atoms with E-state index in [1.807, 2.05) is 0 Å². The quantitative estimate of drug-likeness (QED) is 0.255. The van der Waals surface area contributed by atoms with E-state index in [4.69, 9.17) is 9.16 Å². The summed E-state index contributed by atoms with van der Waals surface area (Å²) in [7, 11) is -1.70. The Kier molecular flexibility index (Phi) is 7.90. The first-order valence-electron chi connectivity index (χ1n) is 15.9. The molecular weight excluding hydrogens is 480 g/mol. The second kappa shape index (κ2) is 10.5. The van der Waals surface area contributed by atoms with Gasteiger partial charge in [-0.05, 0) is 110 Å². The summed E-state index contributed by atoms with van der Waals surface area (Å²) in [5, 5.41) is 0.302. The van der Waals surface area contributed by atoms with Crippen LogP contribution in [0.4, 0.5) is 0 Å². The first-order chi connectivity index (χ1) is 17.8. The topological polar surface area (TPSA) is 18.5 Å². The van der Waals surface area contributed by atoms with Crippen LogP contribution in [0.2, 0.25) is 18.1 Å². The lowest BCUT2D eigenvalue weighted by Crippen LogP contribution is -2.55. The molecule has 3 heteroatoms. The maximum Gasteiger partial charge on any atom is 0.192 e. The number of hydrogen-bond donors (Lipinski definition) is 0. The molecule has 0 bridgehead atoms. The van der Waals surface area contributed by atoms with E-state index >= 15 is 0 Å². The van der Waals surface area contributed by atoms with Crippen LogP contribution in [-0.4, -0.2) is 21.0 Å². The number of benzene rings is 1.